The van der Waals surface area contributed by atoms with Crippen molar-refractivity contribution >= 4 is 17.2 Å². The molecule has 0 fully saturated rings. The van der Waals surface area contributed by atoms with Gasteiger partial charge in [-0.2, -0.15) is 18.4 Å². The molecule has 7 heteroatoms. The molecule has 0 atom stereocenters. The van der Waals surface area contributed by atoms with Crippen molar-refractivity contribution in [3.8, 4) is 6.07 Å². The number of nitriles is 1. The van der Waals surface area contributed by atoms with Crippen LogP contribution in [-0.2, 0) is 6.18 Å². The van der Waals surface area contributed by atoms with E-state index in [0.29, 0.717) is 11.3 Å². The normalized spacial score (nSPS) is 10.9. The molecule has 2 rings (SSSR count). The predicted octanol–water partition coefficient (Wildman–Crippen LogP) is 3.30. The van der Waals surface area contributed by atoms with Gasteiger partial charge in [0.1, 0.15) is 6.07 Å². The SMILES string of the molecule is N#Cc1cnc(Nc2ccc(C(F)(F)F)cc2)c(N)c1. The van der Waals surface area contributed by atoms with Gasteiger partial charge in [-0.3, -0.25) is 0 Å². The van der Waals surface area contributed by atoms with Crippen molar-refractivity contribution in [2.45, 2.75) is 6.18 Å². The number of pyridine rings is 1. The second-order valence-corrected chi connectivity index (χ2v) is 3.97. The topological polar surface area (TPSA) is 74.7 Å². The Morgan fingerprint density at radius 3 is 2.35 bits per heavy atom. The summed E-state index contributed by atoms with van der Waals surface area (Å²) < 4.78 is 37.2. The van der Waals surface area contributed by atoms with Gasteiger partial charge in [0.15, 0.2) is 5.82 Å². The van der Waals surface area contributed by atoms with E-state index in [1.807, 2.05) is 6.07 Å². The lowest BCUT2D eigenvalue weighted by Gasteiger charge is -2.10. The lowest BCUT2D eigenvalue weighted by atomic mass is 10.2. The number of hydrogen-bond acceptors (Lipinski definition) is 4. The fourth-order valence-corrected chi connectivity index (χ4v) is 1.53. The molecule has 1 aromatic heterocycles. The number of halogens is 3. The molecular weight excluding hydrogens is 269 g/mol. The average molecular weight is 278 g/mol. The Balaban J connectivity index is 2.21. The van der Waals surface area contributed by atoms with E-state index in [0.717, 1.165) is 12.1 Å². The van der Waals surface area contributed by atoms with E-state index in [-0.39, 0.29) is 11.5 Å². The molecule has 1 aromatic carbocycles. The first-order chi connectivity index (χ1) is 9.40. The van der Waals surface area contributed by atoms with Gasteiger partial charge in [-0.1, -0.05) is 0 Å². The van der Waals surface area contributed by atoms with Crippen LogP contribution in [0.3, 0.4) is 0 Å². The van der Waals surface area contributed by atoms with Gasteiger partial charge in [0.25, 0.3) is 0 Å². The van der Waals surface area contributed by atoms with Crippen LogP contribution in [0.25, 0.3) is 0 Å². The van der Waals surface area contributed by atoms with Gasteiger partial charge in [-0.05, 0) is 30.3 Å². The monoisotopic (exact) mass is 278 g/mol. The van der Waals surface area contributed by atoms with Gasteiger partial charge >= 0.3 is 6.18 Å². The first-order valence-corrected chi connectivity index (χ1v) is 5.50. The summed E-state index contributed by atoms with van der Waals surface area (Å²) in [5, 5.41) is 11.5. The maximum atomic E-state index is 12.4. The number of alkyl halides is 3. The highest BCUT2D eigenvalue weighted by molar-refractivity contribution is 5.69. The summed E-state index contributed by atoms with van der Waals surface area (Å²) in [6, 6.07) is 7.80. The molecule has 102 valence electrons. The zero-order valence-corrected chi connectivity index (χ0v) is 10.1. The van der Waals surface area contributed by atoms with Gasteiger partial charge in [0.05, 0.1) is 16.8 Å². The molecule has 0 aliphatic rings. The lowest BCUT2D eigenvalue weighted by molar-refractivity contribution is -0.137. The summed E-state index contributed by atoms with van der Waals surface area (Å²) in [6.45, 7) is 0. The Morgan fingerprint density at radius 1 is 1.20 bits per heavy atom. The van der Waals surface area contributed by atoms with Crippen LogP contribution in [0.15, 0.2) is 36.5 Å². The second-order valence-electron chi connectivity index (χ2n) is 3.97. The Hall–Kier alpha value is -2.75. The van der Waals surface area contributed by atoms with Crippen molar-refractivity contribution in [3.63, 3.8) is 0 Å². The molecule has 20 heavy (non-hydrogen) atoms. The second kappa shape index (κ2) is 5.09. The van der Waals surface area contributed by atoms with Crippen molar-refractivity contribution in [3.05, 3.63) is 47.7 Å². The first-order valence-electron chi connectivity index (χ1n) is 5.50. The standard InChI is InChI=1S/C13H9F3N4/c14-13(15,16)9-1-3-10(4-2-9)20-12-11(18)5-8(6-17)7-19-12/h1-5,7H,18H2,(H,19,20). The summed E-state index contributed by atoms with van der Waals surface area (Å²) >= 11 is 0. The third kappa shape index (κ3) is 2.98. The number of nitrogens with zero attached hydrogens (tertiary/aromatic N) is 2. The van der Waals surface area contributed by atoms with E-state index in [4.69, 9.17) is 11.0 Å². The smallest absolute Gasteiger partial charge is 0.396 e. The number of benzene rings is 1. The van der Waals surface area contributed by atoms with Gasteiger partial charge < -0.3 is 11.1 Å². The molecule has 4 nitrogen and oxygen atoms in total. The van der Waals surface area contributed by atoms with Crippen LogP contribution in [0.4, 0.5) is 30.4 Å². The third-order valence-electron chi connectivity index (χ3n) is 2.52. The first kappa shape index (κ1) is 13.7. The molecule has 0 bridgehead atoms. The highest BCUT2D eigenvalue weighted by Crippen LogP contribution is 2.30. The van der Waals surface area contributed by atoms with Crippen molar-refractivity contribution < 1.29 is 13.2 Å². The van der Waals surface area contributed by atoms with Crippen LogP contribution in [-0.4, -0.2) is 4.98 Å². The largest absolute Gasteiger partial charge is 0.416 e. The molecular formula is C13H9F3N4. The van der Waals surface area contributed by atoms with Gasteiger partial charge in [-0.15, -0.1) is 0 Å². The molecule has 0 spiro atoms. The molecule has 2 aromatic rings. The molecule has 3 N–H and O–H groups in total. The van der Waals surface area contributed by atoms with Crippen LogP contribution in [0.5, 0.6) is 0 Å². The number of nitrogen functional groups attached to an aromatic ring is 1. The van der Waals surface area contributed by atoms with Crippen molar-refractivity contribution in [2.75, 3.05) is 11.1 Å². The van der Waals surface area contributed by atoms with Crippen molar-refractivity contribution in [1.29, 1.82) is 5.26 Å². The summed E-state index contributed by atoms with van der Waals surface area (Å²) in [5.74, 6) is 0.281. The third-order valence-corrected chi connectivity index (χ3v) is 2.52. The quantitative estimate of drug-likeness (QED) is 0.883. The summed E-state index contributed by atoms with van der Waals surface area (Å²) in [6.07, 6.45) is -3.05. The lowest BCUT2D eigenvalue weighted by Crippen LogP contribution is -2.05. The van der Waals surface area contributed by atoms with Crippen LogP contribution < -0.4 is 11.1 Å². The van der Waals surface area contributed by atoms with E-state index < -0.39 is 11.7 Å². The summed E-state index contributed by atoms with van der Waals surface area (Å²) in [4.78, 5) is 3.93. The minimum Gasteiger partial charge on any atom is -0.396 e. The van der Waals surface area contributed by atoms with Gasteiger partial charge in [-0.25, -0.2) is 4.98 Å². The molecule has 0 saturated carbocycles. The molecule has 0 aliphatic carbocycles. The zero-order valence-electron chi connectivity index (χ0n) is 10.1. The molecule has 1 heterocycles. The average Bonchev–Trinajstić information content (AvgIpc) is 2.40. The predicted molar refractivity (Wildman–Crippen MR) is 68.1 cm³/mol. The Bertz CT molecular complexity index is 657. The van der Waals surface area contributed by atoms with Crippen LogP contribution in [0.2, 0.25) is 0 Å². The molecule has 0 saturated heterocycles. The Kier molecular flexibility index (Phi) is 3.48. The molecule has 0 unspecified atom stereocenters. The summed E-state index contributed by atoms with van der Waals surface area (Å²) in [5.41, 5.74) is 5.92. The van der Waals surface area contributed by atoms with Crippen LogP contribution in [0.1, 0.15) is 11.1 Å². The Labute approximate surface area is 112 Å². The van der Waals surface area contributed by atoms with Crippen molar-refractivity contribution in [1.82, 2.24) is 4.98 Å². The zero-order chi connectivity index (χ0) is 14.8. The fraction of sp³-hybridized carbons (Fsp3) is 0.0769. The number of hydrogen-bond donors (Lipinski definition) is 2. The number of nitrogens with one attached hydrogen (secondary N) is 1. The Morgan fingerprint density at radius 2 is 1.85 bits per heavy atom. The summed E-state index contributed by atoms with van der Waals surface area (Å²) in [7, 11) is 0. The van der Waals surface area contributed by atoms with Crippen LogP contribution in [0, 0.1) is 11.3 Å². The minimum absolute atomic E-state index is 0.240. The number of aromatic nitrogens is 1. The fourth-order valence-electron chi connectivity index (χ4n) is 1.53. The number of nitrogens with two attached hydrogens (primary N) is 1. The van der Waals surface area contributed by atoms with E-state index in [2.05, 4.69) is 10.3 Å². The molecule has 0 aliphatic heterocycles. The van der Waals surface area contributed by atoms with E-state index in [1.165, 1.54) is 24.4 Å². The van der Waals surface area contributed by atoms with E-state index >= 15 is 0 Å². The number of anilines is 3. The highest BCUT2D eigenvalue weighted by atomic mass is 19.4. The van der Waals surface area contributed by atoms with Crippen molar-refractivity contribution in [2.24, 2.45) is 0 Å². The van der Waals surface area contributed by atoms with E-state index in [1.54, 1.807) is 0 Å². The van der Waals surface area contributed by atoms with Crippen LogP contribution >= 0.6 is 0 Å². The maximum Gasteiger partial charge on any atom is 0.416 e. The highest BCUT2D eigenvalue weighted by Gasteiger charge is 2.29. The minimum atomic E-state index is -4.37. The van der Waals surface area contributed by atoms with Gasteiger partial charge in [0.2, 0.25) is 0 Å². The maximum absolute atomic E-state index is 12.4. The number of rotatable bonds is 2. The molecule has 0 radical (unpaired) electrons. The van der Waals surface area contributed by atoms with Gasteiger partial charge in [0, 0.05) is 11.9 Å². The molecule has 0 amide bonds. The van der Waals surface area contributed by atoms with E-state index in [9.17, 15) is 13.2 Å².